The number of nitrogens with zero attached hydrogens (tertiary/aromatic N) is 5. The van der Waals surface area contributed by atoms with Crippen LogP contribution in [0.5, 0.6) is 0 Å². The number of aromatic nitrogens is 3. The average molecular weight is 418 g/mol. The lowest BCUT2D eigenvalue weighted by Crippen LogP contribution is -2.57. The van der Waals surface area contributed by atoms with Crippen molar-refractivity contribution < 1.29 is 4.79 Å². The third-order valence-corrected chi connectivity index (χ3v) is 6.36. The summed E-state index contributed by atoms with van der Waals surface area (Å²) in [6.45, 7) is 4.78. The lowest BCUT2D eigenvalue weighted by atomic mass is 9.83. The highest BCUT2D eigenvalue weighted by Crippen LogP contribution is 2.41. The van der Waals surface area contributed by atoms with Crippen LogP contribution in [-0.2, 0) is 23.8 Å². The second kappa shape index (κ2) is 9.43. The number of para-hydroxylation sites is 1. The maximum Gasteiger partial charge on any atom is 0.227 e. The quantitative estimate of drug-likeness (QED) is 0.587. The molecule has 0 radical (unpaired) electrons. The average Bonchev–Trinajstić information content (AvgIpc) is 3.26. The Morgan fingerprint density at radius 2 is 1.68 bits per heavy atom. The second-order valence-corrected chi connectivity index (χ2v) is 8.23. The van der Waals surface area contributed by atoms with Crippen molar-refractivity contribution in [2.45, 2.75) is 38.1 Å². The van der Waals surface area contributed by atoms with Crippen molar-refractivity contribution in [2.24, 2.45) is 7.05 Å². The topological polar surface area (TPSA) is 54.3 Å². The highest BCUT2D eigenvalue weighted by molar-refractivity contribution is 5.94. The largest absolute Gasteiger partial charge is 0.303 e. The molecule has 1 aliphatic rings. The van der Waals surface area contributed by atoms with E-state index in [1.54, 1.807) is 6.33 Å². The van der Waals surface area contributed by atoms with E-state index in [2.05, 4.69) is 45.3 Å². The monoisotopic (exact) mass is 417 g/mol. The van der Waals surface area contributed by atoms with Crippen molar-refractivity contribution in [2.75, 3.05) is 24.5 Å². The van der Waals surface area contributed by atoms with Gasteiger partial charge in [-0.3, -0.25) is 14.4 Å². The summed E-state index contributed by atoms with van der Waals surface area (Å²) >= 11 is 0. The molecule has 1 aliphatic heterocycles. The van der Waals surface area contributed by atoms with Crippen molar-refractivity contribution >= 4 is 11.6 Å². The van der Waals surface area contributed by atoms with Gasteiger partial charge < -0.3 is 4.90 Å². The third-order valence-electron chi connectivity index (χ3n) is 6.36. The molecule has 4 rings (SSSR count). The molecule has 0 spiro atoms. The molecule has 0 unspecified atom stereocenters. The van der Waals surface area contributed by atoms with E-state index in [4.69, 9.17) is 0 Å². The summed E-state index contributed by atoms with van der Waals surface area (Å²) in [6, 6.07) is 20.6. The minimum absolute atomic E-state index is 0.118. The van der Waals surface area contributed by atoms with E-state index < -0.39 is 5.54 Å². The number of piperidine rings is 1. The lowest BCUT2D eigenvalue weighted by molar-refractivity contribution is -0.120. The first-order valence-corrected chi connectivity index (χ1v) is 11.1. The van der Waals surface area contributed by atoms with Gasteiger partial charge in [-0.25, -0.2) is 4.98 Å². The molecule has 1 saturated heterocycles. The van der Waals surface area contributed by atoms with Crippen LogP contribution in [0.3, 0.4) is 0 Å². The van der Waals surface area contributed by atoms with Gasteiger partial charge in [0.15, 0.2) is 5.82 Å². The SMILES string of the molecule is CCC(=O)N(c1ccccc1)C1(c2ncnn2C)CCN(CCc2ccccc2)CC1. The van der Waals surface area contributed by atoms with Gasteiger partial charge in [0.1, 0.15) is 11.9 Å². The predicted octanol–water partition coefficient (Wildman–Crippen LogP) is 3.79. The maximum absolute atomic E-state index is 13.3. The van der Waals surface area contributed by atoms with Gasteiger partial charge in [0, 0.05) is 38.8 Å². The van der Waals surface area contributed by atoms with Crippen LogP contribution in [0, 0.1) is 0 Å². The molecule has 1 amide bonds. The van der Waals surface area contributed by atoms with E-state index in [0.29, 0.717) is 6.42 Å². The number of likely N-dealkylation sites (tertiary alicyclic amines) is 1. The number of carbonyl (C=O) groups is 1. The molecule has 31 heavy (non-hydrogen) atoms. The van der Waals surface area contributed by atoms with Gasteiger partial charge >= 0.3 is 0 Å². The van der Waals surface area contributed by atoms with Crippen LogP contribution in [0.1, 0.15) is 37.6 Å². The van der Waals surface area contributed by atoms with Gasteiger partial charge in [0.2, 0.25) is 5.91 Å². The Morgan fingerprint density at radius 3 is 2.26 bits per heavy atom. The summed E-state index contributed by atoms with van der Waals surface area (Å²) < 4.78 is 1.83. The van der Waals surface area contributed by atoms with Gasteiger partial charge in [0.25, 0.3) is 0 Å². The van der Waals surface area contributed by atoms with E-state index in [-0.39, 0.29) is 5.91 Å². The molecule has 1 fully saturated rings. The van der Waals surface area contributed by atoms with Crippen LogP contribution >= 0.6 is 0 Å². The predicted molar refractivity (Wildman–Crippen MR) is 123 cm³/mol. The fraction of sp³-hybridized carbons (Fsp3) is 0.400. The molecule has 3 aromatic rings. The fourth-order valence-electron chi connectivity index (χ4n) is 4.71. The van der Waals surface area contributed by atoms with Crippen molar-refractivity contribution in [1.82, 2.24) is 19.7 Å². The van der Waals surface area contributed by atoms with Crippen LogP contribution in [0.2, 0.25) is 0 Å². The number of aryl methyl sites for hydroxylation is 1. The van der Waals surface area contributed by atoms with Gasteiger partial charge in [-0.2, -0.15) is 5.10 Å². The standard InChI is InChI=1S/C25H31N5O/c1-3-23(31)30(22-12-8-5-9-13-22)25(24-26-20-27-28(24)2)15-18-29(19-16-25)17-14-21-10-6-4-7-11-21/h4-13,20H,3,14-19H2,1-2H3. The molecule has 6 nitrogen and oxygen atoms in total. The Bertz CT molecular complexity index is 977. The van der Waals surface area contributed by atoms with Crippen molar-refractivity contribution in [3.05, 3.63) is 78.4 Å². The molecule has 0 N–H and O–H groups in total. The molecule has 0 aliphatic carbocycles. The Labute approximate surface area is 184 Å². The minimum Gasteiger partial charge on any atom is -0.303 e. The van der Waals surface area contributed by atoms with Crippen LogP contribution in [-0.4, -0.2) is 45.2 Å². The number of carbonyl (C=O) groups excluding carboxylic acids is 1. The van der Waals surface area contributed by atoms with Gasteiger partial charge in [-0.15, -0.1) is 0 Å². The summed E-state index contributed by atoms with van der Waals surface area (Å²) in [5.74, 6) is 0.979. The van der Waals surface area contributed by atoms with Gasteiger partial charge in [0.05, 0.1) is 0 Å². The fourth-order valence-corrected chi connectivity index (χ4v) is 4.71. The van der Waals surface area contributed by atoms with Crippen LogP contribution in [0.4, 0.5) is 5.69 Å². The first kappa shape index (κ1) is 21.2. The zero-order valence-corrected chi connectivity index (χ0v) is 18.4. The number of anilines is 1. The van der Waals surface area contributed by atoms with Gasteiger partial charge in [-0.05, 0) is 37.0 Å². The van der Waals surface area contributed by atoms with E-state index in [1.807, 2.05) is 53.9 Å². The highest BCUT2D eigenvalue weighted by atomic mass is 16.2. The first-order valence-electron chi connectivity index (χ1n) is 11.1. The molecule has 162 valence electrons. The van der Waals surface area contributed by atoms with Crippen molar-refractivity contribution in [1.29, 1.82) is 0 Å². The smallest absolute Gasteiger partial charge is 0.227 e. The van der Waals surface area contributed by atoms with Crippen molar-refractivity contribution in [3.8, 4) is 0 Å². The first-order chi connectivity index (χ1) is 15.1. The van der Waals surface area contributed by atoms with E-state index in [0.717, 1.165) is 50.4 Å². The summed E-state index contributed by atoms with van der Waals surface area (Å²) in [6.07, 6.45) is 4.74. The Hall–Kier alpha value is -2.99. The second-order valence-electron chi connectivity index (χ2n) is 8.23. The lowest BCUT2D eigenvalue weighted by Gasteiger charge is -2.48. The summed E-state index contributed by atoms with van der Waals surface area (Å²) in [7, 11) is 1.92. The van der Waals surface area contributed by atoms with E-state index in [9.17, 15) is 4.79 Å². The van der Waals surface area contributed by atoms with E-state index >= 15 is 0 Å². The molecule has 0 atom stereocenters. The molecule has 1 aromatic heterocycles. The summed E-state index contributed by atoms with van der Waals surface area (Å²) in [5, 5.41) is 4.35. The maximum atomic E-state index is 13.3. The molecule has 2 heterocycles. The zero-order chi connectivity index (χ0) is 21.7. The normalized spacial score (nSPS) is 16.2. The van der Waals surface area contributed by atoms with Crippen LogP contribution in [0.25, 0.3) is 0 Å². The zero-order valence-electron chi connectivity index (χ0n) is 18.4. The molecule has 6 heteroatoms. The summed E-state index contributed by atoms with van der Waals surface area (Å²) in [5.41, 5.74) is 1.79. The number of benzene rings is 2. The Morgan fingerprint density at radius 1 is 1.03 bits per heavy atom. The number of amides is 1. The Kier molecular flexibility index (Phi) is 6.47. The molecular weight excluding hydrogens is 386 g/mol. The number of hydrogen-bond acceptors (Lipinski definition) is 4. The van der Waals surface area contributed by atoms with Crippen LogP contribution < -0.4 is 4.90 Å². The molecular formula is C25H31N5O. The van der Waals surface area contributed by atoms with E-state index in [1.165, 1.54) is 5.56 Å². The number of rotatable bonds is 7. The number of hydrogen-bond donors (Lipinski definition) is 0. The summed E-state index contributed by atoms with van der Waals surface area (Å²) in [4.78, 5) is 22.4. The van der Waals surface area contributed by atoms with Crippen LogP contribution in [0.15, 0.2) is 67.0 Å². The Balaban J connectivity index is 1.61. The molecule has 2 aromatic carbocycles. The highest BCUT2D eigenvalue weighted by Gasteiger charge is 2.47. The molecule has 0 saturated carbocycles. The third kappa shape index (κ3) is 4.39. The van der Waals surface area contributed by atoms with Crippen molar-refractivity contribution in [3.63, 3.8) is 0 Å². The molecule has 0 bridgehead atoms. The minimum atomic E-state index is -0.497. The van der Waals surface area contributed by atoms with Gasteiger partial charge in [-0.1, -0.05) is 55.5 Å².